The summed E-state index contributed by atoms with van der Waals surface area (Å²) >= 11 is 5.28. The summed E-state index contributed by atoms with van der Waals surface area (Å²) in [5, 5.41) is 10.7. The van der Waals surface area contributed by atoms with Crippen molar-refractivity contribution in [3.8, 4) is 0 Å². The molecule has 4 atom stereocenters. The third-order valence-corrected chi connectivity index (χ3v) is 7.40. The molecule has 3 heteroatoms. The Hall–Kier alpha value is 0.140. The molecule has 0 saturated heterocycles. The van der Waals surface area contributed by atoms with E-state index in [-0.39, 0.29) is 6.10 Å². The van der Waals surface area contributed by atoms with Crippen LogP contribution in [-0.4, -0.2) is 5.11 Å². The van der Waals surface area contributed by atoms with Crippen LogP contribution < -0.4 is 0 Å². The van der Waals surface area contributed by atoms with Crippen LogP contribution >= 0.6 is 27.3 Å². The van der Waals surface area contributed by atoms with Crippen LogP contribution in [0.4, 0.5) is 0 Å². The summed E-state index contributed by atoms with van der Waals surface area (Å²) in [7, 11) is 0. The molecule has 2 aliphatic rings. The number of thiophene rings is 1. The van der Waals surface area contributed by atoms with E-state index in [0.29, 0.717) is 5.92 Å². The van der Waals surface area contributed by atoms with Crippen LogP contribution in [0.3, 0.4) is 0 Å². The van der Waals surface area contributed by atoms with E-state index in [0.717, 1.165) is 16.7 Å². The predicted octanol–water partition coefficient (Wildman–Crippen LogP) is 5.46. The Bertz CT molecular complexity index is 422. The maximum Gasteiger partial charge on any atom is 0.0910 e. The second-order valence-electron chi connectivity index (χ2n) is 6.43. The lowest BCUT2D eigenvalue weighted by Gasteiger charge is -2.40. The zero-order valence-electron chi connectivity index (χ0n) is 11.6. The molecule has 4 unspecified atom stereocenters. The van der Waals surface area contributed by atoms with E-state index in [1.54, 1.807) is 11.3 Å². The van der Waals surface area contributed by atoms with Gasteiger partial charge >= 0.3 is 0 Å². The Labute approximate surface area is 128 Å². The highest BCUT2D eigenvalue weighted by molar-refractivity contribution is 9.11. The lowest BCUT2D eigenvalue weighted by Crippen LogP contribution is -2.30. The fourth-order valence-electron chi connectivity index (χ4n) is 4.06. The standard InChI is InChI=1S/C16H23BrOS/c1-10-8-14(19-16(10)17)15(18)13-7-6-11-4-2-3-5-12(11)9-13/h8,11-13,15,18H,2-7,9H2,1H3. The van der Waals surface area contributed by atoms with E-state index in [4.69, 9.17) is 0 Å². The first-order chi connectivity index (χ1) is 9.15. The third-order valence-electron chi connectivity index (χ3n) is 5.19. The molecule has 0 bridgehead atoms. The Kier molecular flexibility index (Phi) is 4.35. The fourth-order valence-corrected chi connectivity index (χ4v) is 5.71. The average Bonchev–Trinajstić information content (AvgIpc) is 2.77. The molecule has 2 fully saturated rings. The molecule has 19 heavy (non-hydrogen) atoms. The van der Waals surface area contributed by atoms with Gasteiger partial charge in [0.2, 0.25) is 0 Å². The Morgan fingerprint density at radius 3 is 2.63 bits per heavy atom. The molecule has 0 aromatic carbocycles. The third kappa shape index (κ3) is 2.93. The molecular weight excluding hydrogens is 320 g/mol. The second kappa shape index (κ2) is 5.87. The zero-order valence-corrected chi connectivity index (χ0v) is 14.0. The van der Waals surface area contributed by atoms with Crippen molar-refractivity contribution in [2.75, 3.05) is 0 Å². The number of halogens is 1. The van der Waals surface area contributed by atoms with E-state index in [1.165, 1.54) is 54.3 Å². The first-order valence-electron chi connectivity index (χ1n) is 7.59. The summed E-state index contributed by atoms with van der Waals surface area (Å²) in [6, 6.07) is 2.16. The van der Waals surface area contributed by atoms with Gasteiger partial charge in [-0.15, -0.1) is 11.3 Å². The molecule has 0 spiro atoms. The van der Waals surface area contributed by atoms with Crippen molar-refractivity contribution in [1.82, 2.24) is 0 Å². The van der Waals surface area contributed by atoms with E-state index >= 15 is 0 Å². The average molecular weight is 343 g/mol. The Morgan fingerprint density at radius 2 is 1.95 bits per heavy atom. The van der Waals surface area contributed by atoms with E-state index in [1.807, 2.05) is 0 Å². The highest BCUT2D eigenvalue weighted by Crippen LogP contribution is 2.47. The molecule has 0 radical (unpaired) electrons. The highest BCUT2D eigenvalue weighted by atomic mass is 79.9. The van der Waals surface area contributed by atoms with Crippen molar-refractivity contribution >= 4 is 27.3 Å². The minimum atomic E-state index is -0.238. The molecule has 2 saturated carbocycles. The van der Waals surface area contributed by atoms with Crippen LogP contribution in [0.5, 0.6) is 0 Å². The van der Waals surface area contributed by atoms with Crippen molar-refractivity contribution in [3.63, 3.8) is 0 Å². The molecule has 1 heterocycles. The molecule has 3 rings (SSSR count). The molecule has 1 aromatic rings. The van der Waals surface area contributed by atoms with Crippen molar-refractivity contribution in [3.05, 3.63) is 20.3 Å². The summed E-state index contributed by atoms with van der Waals surface area (Å²) in [6.45, 7) is 2.11. The van der Waals surface area contributed by atoms with Crippen LogP contribution in [0, 0.1) is 24.7 Å². The highest BCUT2D eigenvalue weighted by Gasteiger charge is 2.35. The van der Waals surface area contributed by atoms with Gasteiger partial charge in [-0.25, -0.2) is 0 Å². The lowest BCUT2D eigenvalue weighted by molar-refractivity contribution is 0.0368. The minimum absolute atomic E-state index is 0.238. The normalized spacial score (nSPS) is 32.9. The van der Waals surface area contributed by atoms with Crippen LogP contribution in [0.15, 0.2) is 9.85 Å². The van der Waals surface area contributed by atoms with Gasteiger partial charge in [0.25, 0.3) is 0 Å². The number of aryl methyl sites for hydroxylation is 1. The summed E-state index contributed by atoms with van der Waals surface area (Å²) in [4.78, 5) is 1.16. The maximum absolute atomic E-state index is 10.7. The summed E-state index contributed by atoms with van der Waals surface area (Å²) in [6.07, 6.45) is 9.27. The molecular formula is C16H23BrOS. The molecule has 2 aliphatic carbocycles. The first-order valence-corrected chi connectivity index (χ1v) is 9.20. The van der Waals surface area contributed by atoms with Gasteiger partial charge in [0.1, 0.15) is 0 Å². The first kappa shape index (κ1) is 14.1. The van der Waals surface area contributed by atoms with Gasteiger partial charge in [-0.05, 0) is 71.5 Å². The largest absolute Gasteiger partial charge is 0.387 e. The van der Waals surface area contributed by atoms with E-state index in [2.05, 4.69) is 28.9 Å². The monoisotopic (exact) mass is 342 g/mol. The summed E-state index contributed by atoms with van der Waals surface area (Å²) in [5.41, 5.74) is 1.26. The minimum Gasteiger partial charge on any atom is -0.387 e. The van der Waals surface area contributed by atoms with Crippen LogP contribution in [0.2, 0.25) is 0 Å². The Morgan fingerprint density at radius 1 is 1.21 bits per heavy atom. The van der Waals surface area contributed by atoms with E-state index in [9.17, 15) is 5.11 Å². The number of rotatable bonds is 2. The van der Waals surface area contributed by atoms with Crippen LogP contribution in [-0.2, 0) is 0 Å². The molecule has 1 aromatic heterocycles. The predicted molar refractivity (Wildman–Crippen MR) is 84.5 cm³/mol. The van der Waals surface area contributed by atoms with E-state index < -0.39 is 0 Å². The van der Waals surface area contributed by atoms with Gasteiger partial charge in [-0.3, -0.25) is 0 Å². The molecule has 0 amide bonds. The maximum atomic E-state index is 10.7. The molecule has 106 valence electrons. The van der Waals surface area contributed by atoms with Crippen molar-refractivity contribution in [2.45, 2.75) is 58.0 Å². The van der Waals surface area contributed by atoms with Crippen molar-refractivity contribution in [1.29, 1.82) is 0 Å². The smallest absolute Gasteiger partial charge is 0.0910 e. The van der Waals surface area contributed by atoms with Gasteiger partial charge in [0, 0.05) is 4.88 Å². The van der Waals surface area contributed by atoms with Gasteiger partial charge in [-0.1, -0.05) is 25.7 Å². The summed E-state index contributed by atoms with van der Waals surface area (Å²) < 4.78 is 1.17. The lowest BCUT2D eigenvalue weighted by atomic mass is 9.66. The second-order valence-corrected chi connectivity index (χ2v) is 8.83. The topological polar surface area (TPSA) is 20.2 Å². The van der Waals surface area contributed by atoms with Crippen molar-refractivity contribution in [2.24, 2.45) is 17.8 Å². The van der Waals surface area contributed by atoms with Crippen molar-refractivity contribution < 1.29 is 5.11 Å². The fraction of sp³-hybridized carbons (Fsp3) is 0.750. The van der Waals surface area contributed by atoms with Gasteiger partial charge < -0.3 is 5.11 Å². The van der Waals surface area contributed by atoms with Crippen LogP contribution in [0.25, 0.3) is 0 Å². The van der Waals surface area contributed by atoms with Gasteiger partial charge in [-0.2, -0.15) is 0 Å². The number of aliphatic hydroxyl groups excluding tert-OH is 1. The molecule has 1 nitrogen and oxygen atoms in total. The number of fused-ring (bicyclic) bond motifs is 1. The molecule has 1 N–H and O–H groups in total. The number of aliphatic hydroxyl groups is 1. The molecule has 0 aliphatic heterocycles. The SMILES string of the molecule is Cc1cc(C(O)C2CCC3CCCCC3C2)sc1Br. The van der Waals surface area contributed by atoms with Gasteiger partial charge in [0.15, 0.2) is 0 Å². The summed E-state index contributed by atoms with van der Waals surface area (Å²) in [5.74, 6) is 2.35. The van der Waals surface area contributed by atoms with Crippen LogP contribution in [0.1, 0.15) is 61.5 Å². The number of hydrogen-bond donors (Lipinski definition) is 1. The zero-order chi connectivity index (χ0) is 13.4. The quantitative estimate of drug-likeness (QED) is 0.756. The Balaban J connectivity index is 1.68. The number of hydrogen-bond acceptors (Lipinski definition) is 2. The van der Waals surface area contributed by atoms with Gasteiger partial charge in [0.05, 0.1) is 9.89 Å².